The average molecular weight is 312 g/mol. The molecule has 0 aliphatic heterocycles. The fourth-order valence-corrected chi connectivity index (χ4v) is 1.68. The molecule has 21 heavy (non-hydrogen) atoms. The normalized spacial score (nSPS) is 9.71. The molecule has 0 saturated heterocycles. The molecule has 0 aliphatic carbocycles. The van der Waals surface area contributed by atoms with Crippen molar-refractivity contribution >= 4 is 29.2 Å². The van der Waals surface area contributed by atoms with E-state index in [0.29, 0.717) is 5.02 Å². The summed E-state index contributed by atoms with van der Waals surface area (Å²) < 4.78 is 9.74. The van der Waals surface area contributed by atoms with Gasteiger partial charge in [-0.25, -0.2) is 9.59 Å². The number of anilines is 1. The molecule has 1 aromatic carbocycles. The SMILES string of the molecule is CCOC(=O)C(=CN(C)c1ccc(Cl)cc1)C(=O)OCC. The van der Waals surface area contributed by atoms with E-state index in [0.717, 1.165) is 5.69 Å². The van der Waals surface area contributed by atoms with Crippen molar-refractivity contribution in [2.75, 3.05) is 25.2 Å². The number of carbonyl (C=O) groups is 2. The second-order valence-electron chi connectivity index (χ2n) is 4.07. The number of halogens is 1. The first kappa shape index (κ1) is 17.0. The zero-order valence-electron chi connectivity index (χ0n) is 12.3. The first-order valence-electron chi connectivity index (χ1n) is 6.54. The molecule has 0 heterocycles. The van der Waals surface area contributed by atoms with E-state index in [1.54, 1.807) is 50.1 Å². The lowest BCUT2D eigenvalue weighted by molar-refractivity contribution is -0.146. The molecule has 0 N–H and O–H groups in total. The van der Waals surface area contributed by atoms with E-state index in [1.807, 2.05) is 0 Å². The van der Waals surface area contributed by atoms with Gasteiger partial charge in [-0.2, -0.15) is 0 Å². The topological polar surface area (TPSA) is 55.8 Å². The van der Waals surface area contributed by atoms with Gasteiger partial charge in [0.25, 0.3) is 0 Å². The van der Waals surface area contributed by atoms with Crippen molar-refractivity contribution < 1.29 is 19.1 Å². The summed E-state index contributed by atoms with van der Waals surface area (Å²) >= 11 is 5.82. The van der Waals surface area contributed by atoms with Crippen molar-refractivity contribution in [1.29, 1.82) is 0 Å². The molecular weight excluding hydrogens is 294 g/mol. The standard InChI is InChI=1S/C15H18ClNO4/c1-4-20-14(18)13(15(19)21-5-2)10-17(3)12-8-6-11(16)7-9-12/h6-10H,4-5H2,1-3H3. The maximum atomic E-state index is 11.8. The van der Waals surface area contributed by atoms with Crippen molar-refractivity contribution in [3.8, 4) is 0 Å². The number of hydrogen-bond acceptors (Lipinski definition) is 5. The molecule has 0 saturated carbocycles. The number of ether oxygens (including phenoxy) is 2. The Morgan fingerprint density at radius 2 is 1.57 bits per heavy atom. The summed E-state index contributed by atoms with van der Waals surface area (Å²) in [7, 11) is 1.71. The van der Waals surface area contributed by atoms with Crippen LogP contribution in [-0.4, -0.2) is 32.2 Å². The second-order valence-corrected chi connectivity index (χ2v) is 4.51. The third-order valence-electron chi connectivity index (χ3n) is 2.55. The highest BCUT2D eigenvalue weighted by Gasteiger charge is 2.22. The van der Waals surface area contributed by atoms with Gasteiger partial charge in [0.2, 0.25) is 0 Å². The smallest absolute Gasteiger partial charge is 0.347 e. The van der Waals surface area contributed by atoms with Gasteiger partial charge in [0.05, 0.1) is 13.2 Å². The molecule has 5 nitrogen and oxygen atoms in total. The number of hydrogen-bond donors (Lipinski definition) is 0. The van der Waals surface area contributed by atoms with Crippen LogP contribution in [0.1, 0.15) is 13.8 Å². The summed E-state index contributed by atoms with van der Waals surface area (Å²) in [5, 5.41) is 0.604. The molecule has 114 valence electrons. The van der Waals surface area contributed by atoms with Crippen LogP contribution in [0.3, 0.4) is 0 Å². The maximum absolute atomic E-state index is 11.8. The molecular formula is C15H18ClNO4. The van der Waals surface area contributed by atoms with Crippen LogP contribution in [0.15, 0.2) is 36.0 Å². The Balaban J connectivity index is 3.02. The van der Waals surface area contributed by atoms with E-state index in [-0.39, 0.29) is 18.8 Å². The second kappa shape index (κ2) is 8.32. The van der Waals surface area contributed by atoms with Crippen LogP contribution in [-0.2, 0) is 19.1 Å². The fraction of sp³-hybridized carbons (Fsp3) is 0.333. The van der Waals surface area contributed by atoms with Crippen molar-refractivity contribution in [2.45, 2.75) is 13.8 Å². The molecule has 0 fully saturated rings. The quantitative estimate of drug-likeness (QED) is 0.350. The molecule has 0 aromatic heterocycles. The molecule has 1 rings (SSSR count). The van der Waals surface area contributed by atoms with Gasteiger partial charge >= 0.3 is 11.9 Å². The third kappa shape index (κ3) is 5.11. The van der Waals surface area contributed by atoms with Gasteiger partial charge in [0.15, 0.2) is 5.57 Å². The Morgan fingerprint density at radius 1 is 1.10 bits per heavy atom. The van der Waals surface area contributed by atoms with Crippen LogP contribution < -0.4 is 4.90 Å². The number of rotatable bonds is 6. The van der Waals surface area contributed by atoms with Crippen LogP contribution in [0.25, 0.3) is 0 Å². The van der Waals surface area contributed by atoms with Gasteiger partial charge in [-0.1, -0.05) is 11.6 Å². The van der Waals surface area contributed by atoms with Crippen molar-refractivity contribution in [3.63, 3.8) is 0 Å². The van der Waals surface area contributed by atoms with E-state index in [4.69, 9.17) is 21.1 Å². The highest BCUT2D eigenvalue weighted by molar-refractivity contribution is 6.30. The molecule has 0 radical (unpaired) electrons. The van der Waals surface area contributed by atoms with Crippen LogP contribution in [0.5, 0.6) is 0 Å². The Morgan fingerprint density at radius 3 is 2.00 bits per heavy atom. The van der Waals surface area contributed by atoms with Crippen LogP contribution in [0.4, 0.5) is 5.69 Å². The Hall–Kier alpha value is -2.01. The summed E-state index contributed by atoms with van der Waals surface area (Å²) in [5.41, 5.74) is 0.613. The highest BCUT2D eigenvalue weighted by atomic mass is 35.5. The minimum absolute atomic E-state index is 0.156. The van der Waals surface area contributed by atoms with Gasteiger partial charge in [-0.3, -0.25) is 0 Å². The van der Waals surface area contributed by atoms with E-state index < -0.39 is 11.9 Å². The first-order chi connectivity index (χ1) is 9.99. The van der Waals surface area contributed by atoms with Crippen LogP contribution >= 0.6 is 11.6 Å². The first-order valence-corrected chi connectivity index (χ1v) is 6.91. The molecule has 0 atom stereocenters. The largest absolute Gasteiger partial charge is 0.462 e. The predicted octanol–water partition coefficient (Wildman–Crippen LogP) is 2.79. The van der Waals surface area contributed by atoms with Gasteiger partial charge in [0.1, 0.15) is 0 Å². The summed E-state index contributed by atoms with van der Waals surface area (Å²) in [4.78, 5) is 25.3. The number of nitrogens with zero attached hydrogens (tertiary/aromatic N) is 1. The van der Waals surface area contributed by atoms with E-state index in [2.05, 4.69) is 0 Å². The zero-order valence-corrected chi connectivity index (χ0v) is 13.0. The Bertz CT molecular complexity index is 505. The van der Waals surface area contributed by atoms with E-state index in [1.165, 1.54) is 6.20 Å². The summed E-state index contributed by atoms with van der Waals surface area (Å²) in [6, 6.07) is 6.98. The predicted molar refractivity (Wildman–Crippen MR) is 81.2 cm³/mol. The van der Waals surface area contributed by atoms with Gasteiger partial charge in [-0.05, 0) is 38.1 Å². The molecule has 1 aromatic rings. The molecule has 0 aliphatic rings. The van der Waals surface area contributed by atoms with Gasteiger partial charge in [0, 0.05) is 24.0 Å². The summed E-state index contributed by atoms with van der Waals surface area (Å²) in [6.45, 7) is 3.70. The molecule has 0 amide bonds. The molecule has 0 bridgehead atoms. The lowest BCUT2D eigenvalue weighted by atomic mass is 10.2. The van der Waals surface area contributed by atoms with Crippen molar-refractivity contribution in [2.24, 2.45) is 0 Å². The van der Waals surface area contributed by atoms with Gasteiger partial charge in [-0.15, -0.1) is 0 Å². The minimum Gasteiger partial charge on any atom is -0.462 e. The summed E-state index contributed by atoms with van der Waals surface area (Å²) in [5.74, 6) is -1.42. The lowest BCUT2D eigenvalue weighted by Crippen LogP contribution is -2.22. The summed E-state index contributed by atoms with van der Waals surface area (Å²) in [6.07, 6.45) is 1.39. The van der Waals surface area contributed by atoms with Crippen molar-refractivity contribution in [3.05, 3.63) is 41.1 Å². The average Bonchev–Trinajstić information content (AvgIpc) is 2.45. The Labute approximate surface area is 129 Å². The monoisotopic (exact) mass is 311 g/mol. The lowest BCUT2D eigenvalue weighted by Gasteiger charge is -2.16. The molecule has 0 unspecified atom stereocenters. The zero-order chi connectivity index (χ0) is 15.8. The number of carbonyl (C=O) groups excluding carboxylic acids is 2. The fourth-order valence-electron chi connectivity index (χ4n) is 1.55. The minimum atomic E-state index is -0.711. The number of benzene rings is 1. The van der Waals surface area contributed by atoms with Crippen LogP contribution in [0, 0.1) is 0 Å². The van der Waals surface area contributed by atoms with Crippen molar-refractivity contribution in [1.82, 2.24) is 0 Å². The van der Waals surface area contributed by atoms with E-state index >= 15 is 0 Å². The molecule has 0 spiro atoms. The highest BCUT2D eigenvalue weighted by Crippen LogP contribution is 2.18. The molecule has 6 heteroatoms. The Kier molecular flexibility index (Phi) is 6.75. The third-order valence-corrected chi connectivity index (χ3v) is 2.80. The van der Waals surface area contributed by atoms with Crippen LogP contribution in [0.2, 0.25) is 5.02 Å². The van der Waals surface area contributed by atoms with E-state index in [9.17, 15) is 9.59 Å². The van der Waals surface area contributed by atoms with Gasteiger partial charge < -0.3 is 14.4 Å². The number of esters is 2. The maximum Gasteiger partial charge on any atom is 0.347 e.